The number of allylic oxidation sites excluding steroid dienone is 4. The van der Waals surface area contributed by atoms with Gasteiger partial charge < -0.3 is 9.64 Å². The lowest BCUT2D eigenvalue weighted by Crippen LogP contribution is -2.31. The van der Waals surface area contributed by atoms with Crippen LogP contribution in [0.15, 0.2) is 75.0 Å². The molecule has 28 heteroatoms. The lowest BCUT2D eigenvalue weighted by atomic mass is 9.75. The van der Waals surface area contributed by atoms with Crippen molar-refractivity contribution in [3.63, 3.8) is 0 Å². The molecule has 6 N–H and O–H groups in total. The van der Waals surface area contributed by atoms with Crippen molar-refractivity contribution < 1.29 is 91.9 Å². The molecule has 0 amide bonds. The third-order valence-corrected chi connectivity index (χ3v) is 15.9. The van der Waals surface area contributed by atoms with Gasteiger partial charge in [0.1, 0.15) is 22.1 Å². The predicted octanol–water partition coefficient (Wildman–Crippen LogP) is 2.93. The van der Waals surface area contributed by atoms with E-state index in [1.807, 2.05) is 0 Å². The number of ether oxygens (including phenoxy) is 1. The summed E-state index contributed by atoms with van der Waals surface area (Å²) >= 11 is 0. The van der Waals surface area contributed by atoms with Crippen molar-refractivity contribution in [2.24, 2.45) is 0 Å². The Morgan fingerprint density at radius 3 is 1.80 bits per heavy atom. The summed E-state index contributed by atoms with van der Waals surface area (Å²) in [4.78, 5) is 10.3. The molecule has 64 heavy (non-hydrogen) atoms. The van der Waals surface area contributed by atoms with E-state index in [0.717, 1.165) is 12.1 Å². The minimum atomic E-state index is -5.21. The zero-order valence-electron chi connectivity index (χ0n) is 33.9. The Balaban J connectivity index is 1.85. The summed E-state index contributed by atoms with van der Waals surface area (Å²) in [6, 6.07) is 6.16. The number of hydrogen-bond acceptors (Lipinski definition) is 15. The van der Waals surface area contributed by atoms with Gasteiger partial charge in [0.15, 0.2) is 5.71 Å². The number of hydrogen-bond donors (Lipinski definition) is 6. The van der Waals surface area contributed by atoms with Crippen molar-refractivity contribution in [3.8, 4) is 5.75 Å². The number of benzene rings is 3. The van der Waals surface area contributed by atoms with Crippen molar-refractivity contribution in [1.82, 2.24) is 0 Å². The molecule has 0 aromatic heterocycles. The highest BCUT2D eigenvalue weighted by Gasteiger charge is 2.49. The van der Waals surface area contributed by atoms with Crippen LogP contribution in [0.4, 0.5) is 11.4 Å². The first-order valence-electron chi connectivity index (χ1n) is 18.6. The van der Waals surface area contributed by atoms with Crippen molar-refractivity contribution in [1.29, 1.82) is 0 Å². The Morgan fingerprint density at radius 2 is 1.25 bits per heavy atom. The molecular formula is C36H43N2O20S6+. The first-order valence-corrected chi connectivity index (χ1v) is 27.7. The van der Waals surface area contributed by atoms with E-state index < -0.39 is 103 Å². The molecule has 0 aliphatic carbocycles. The van der Waals surface area contributed by atoms with Crippen LogP contribution in [0, 0.1) is 0 Å². The molecule has 2 heterocycles. The maximum absolute atomic E-state index is 12.8. The highest BCUT2D eigenvalue weighted by Crippen LogP contribution is 2.54. The number of carbonyl (C=O) groups excluding carboxylic acids is 1. The van der Waals surface area contributed by atoms with Crippen LogP contribution in [0.2, 0.25) is 0 Å². The maximum atomic E-state index is 12.8. The van der Waals surface area contributed by atoms with Gasteiger partial charge in [-0.05, 0) is 75.3 Å². The van der Waals surface area contributed by atoms with E-state index in [0.29, 0.717) is 6.07 Å². The third-order valence-electron chi connectivity index (χ3n) is 10.8. The SMILES string of the molecule is CC1(C)C(/C=C/C=C2/N(CCCS(=O)(=O)O)c3ccc4c(S(=O)(=O)O)cc(S(=O)(=O)O)cc4c3C2(C)CCCS(=O)(=O)O)=[N+](CCCS(=O)(=O)O)c2cc(OC=O)cc(S(=O)(=O)O)c21. The molecule has 0 saturated heterocycles. The normalized spacial score (nSPS) is 18.9. The fraction of sp³-hybridized carbons (Fsp3) is 0.389. The van der Waals surface area contributed by atoms with E-state index in [2.05, 4.69) is 0 Å². The monoisotopic (exact) mass is 1020 g/mol. The molecular weight excluding hydrogens is 973 g/mol. The van der Waals surface area contributed by atoms with Crippen LogP contribution in [0.3, 0.4) is 0 Å². The van der Waals surface area contributed by atoms with Gasteiger partial charge in [-0.15, -0.1) is 0 Å². The first kappa shape index (κ1) is 50.8. The highest BCUT2D eigenvalue weighted by molar-refractivity contribution is 7.87. The van der Waals surface area contributed by atoms with Gasteiger partial charge in [-0.1, -0.05) is 12.1 Å². The first-order chi connectivity index (χ1) is 29.1. The maximum Gasteiger partial charge on any atom is 0.298 e. The third kappa shape index (κ3) is 11.1. The molecule has 0 spiro atoms. The average molecular weight is 1020 g/mol. The van der Waals surface area contributed by atoms with E-state index in [4.69, 9.17) is 4.74 Å². The van der Waals surface area contributed by atoms with Gasteiger partial charge in [-0.25, -0.2) is 0 Å². The molecule has 0 radical (unpaired) electrons. The molecule has 22 nitrogen and oxygen atoms in total. The summed E-state index contributed by atoms with van der Waals surface area (Å²) in [5.41, 5.74) is -2.23. The van der Waals surface area contributed by atoms with Gasteiger partial charge in [0.2, 0.25) is 5.69 Å². The molecule has 2 aliphatic heterocycles. The molecule has 0 bridgehead atoms. The average Bonchev–Trinajstić information content (AvgIpc) is 3.47. The fourth-order valence-electron chi connectivity index (χ4n) is 8.38. The van der Waals surface area contributed by atoms with Crippen LogP contribution in [0.5, 0.6) is 5.75 Å². The van der Waals surface area contributed by atoms with Crippen LogP contribution in [-0.4, -0.2) is 125 Å². The molecule has 0 saturated carbocycles. The van der Waals surface area contributed by atoms with E-state index in [1.54, 1.807) is 13.8 Å². The van der Waals surface area contributed by atoms with Crippen molar-refractivity contribution in [2.45, 2.75) is 72.0 Å². The molecule has 1 unspecified atom stereocenters. The van der Waals surface area contributed by atoms with Gasteiger partial charge >= 0.3 is 0 Å². The van der Waals surface area contributed by atoms with Crippen LogP contribution < -0.4 is 9.64 Å². The predicted molar refractivity (Wildman–Crippen MR) is 229 cm³/mol. The zero-order chi connectivity index (χ0) is 48.2. The summed E-state index contributed by atoms with van der Waals surface area (Å²) in [6.45, 7) is 4.17. The number of fused-ring (bicyclic) bond motifs is 4. The van der Waals surface area contributed by atoms with E-state index >= 15 is 0 Å². The quantitative estimate of drug-likeness (QED) is 0.0571. The van der Waals surface area contributed by atoms with Crippen molar-refractivity contribution >= 4 is 95.0 Å². The van der Waals surface area contributed by atoms with Crippen LogP contribution in [0.25, 0.3) is 10.8 Å². The number of nitrogens with zero attached hydrogens (tertiary/aromatic N) is 2. The fourth-order valence-corrected chi connectivity index (χ4v) is 12.1. The summed E-state index contributed by atoms with van der Waals surface area (Å²) in [5, 5.41) is -0.432. The Labute approximate surface area is 369 Å². The van der Waals surface area contributed by atoms with Crippen molar-refractivity contribution in [2.75, 3.05) is 35.2 Å². The van der Waals surface area contributed by atoms with Crippen LogP contribution >= 0.6 is 0 Å². The zero-order valence-corrected chi connectivity index (χ0v) is 38.8. The Kier molecular flexibility index (Phi) is 13.9. The molecule has 3 aromatic carbocycles. The second kappa shape index (κ2) is 17.5. The highest BCUT2D eigenvalue weighted by atomic mass is 32.2. The molecule has 0 fully saturated rings. The van der Waals surface area contributed by atoms with E-state index in [9.17, 15) is 82.6 Å². The Morgan fingerprint density at radius 1 is 0.672 bits per heavy atom. The minimum Gasteiger partial charge on any atom is -0.428 e. The lowest BCUT2D eigenvalue weighted by molar-refractivity contribution is -0.437. The summed E-state index contributed by atoms with van der Waals surface area (Å²) < 4.78 is 213. The Bertz CT molecular complexity index is 3230. The smallest absolute Gasteiger partial charge is 0.298 e. The van der Waals surface area contributed by atoms with Gasteiger partial charge in [0.05, 0.1) is 39.2 Å². The largest absolute Gasteiger partial charge is 0.428 e. The van der Waals surface area contributed by atoms with Gasteiger partial charge in [0, 0.05) is 47.3 Å². The van der Waals surface area contributed by atoms with Gasteiger partial charge in [0.25, 0.3) is 67.2 Å². The number of carbonyl (C=O) groups is 1. The topological polar surface area (TPSA) is 359 Å². The summed E-state index contributed by atoms with van der Waals surface area (Å²) in [7, 11) is -29.1. The molecule has 1 atom stereocenters. The van der Waals surface area contributed by atoms with Crippen LogP contribution in [-0.2, 0) is 76.3 Å². The van der Waals surface area contributed by atoms with E-state index in [-0.39, 0.29) is 95.7 Å². The Hall–Kier alpha value is -4.20. The summed E-state index contributed by atoms with van der Waals surface area (Å²) in [6.07, 6.45) is 3.23. The van der Waals surface area contributed by atoms with Crippen molar-refractivity contribution in [3.05, 3.63) is 71.5 Å². The van der Waals surface area contributed by atoms with E-state index in [1.165, 1.54) is 52.8 Å². The second-order valence-electron chi connectivity index (χ2n) is 15.7. The second-order valence-corrected chi connectivity index (χ2v) is 24.6. The standard InChI is InChI=1S/C36H42N2O20S6/c1-35(2)31(38(14-7-17-61(46,47)48)28-18-23(58-22-39)19-30(34(28)35)64(55,56)57)8-4-9-32-36(3,12-5-15-59(40,41)42)33-26-20-24(62(49,50)51)21-29(63(52,53)54)25(26)10-11-27(33)37(32)13-6-16-60(43,44)45/h4,8-11,18-22H,5-7,12-17H2,1-3H3,(H5-,40,41,42,43,44,45,46,47,48,49,50,51,52,53,54,55,56,57)/p+1. The number of rotatable bonds is 19. The minimum absolute atomic E-state index is 0.000417. The lowest BCUT2D eigenvalue weighted by Gasteiger charge is -2.31. The molecule has 352 valence electrons. The molecule has 5 rings (SSSR count). The molecule has 3 aromatic rings. The van der Waals surface area contributed by atoms with Crippen LogP contribution in [0.1, 0.15) is 57.6 Å². The summed E-state index contributed by atoms with van der Waals surface area (Å²) in [5.74, 6) is -2.66. The van der Waals surface area contributed by atoms with Gasteiger partial charge in [-0.3, -0.25) is 32.1 Å². The molecule has 2 aliphatic rings. The number of anilines is 1. The van der Waals surface area contributed by atoms with Gasteiger partial charge in [-0.2, -0.15) is 55.1 Å².